The van der Waals surface area contributed by atoms with Crippen LogP contribution in [0.1, 0.15) is 39.7 Å². The van der Waals surface area contributed by atoms with E-state index in [9.17, 15) is 4.79 Å². The summed E-state index contributed by atoms with van der Waals surface area (Å²) >= 11 is 3.46. The van der Waals surface area contributed by atoms with Crippen molar-refractivity contribution >= 4 is 21.8 Å². The summed E-state index contributed by atoms with van der Waals surface area (Å²) in [6.45, 7) is 7.96. The quantitative estimate of drug-likeness (QED) is 0.789. The molecule has 0 bridgehead atoms. The number of ether oxygens (including phenoxy) is 1. The number of nitrogens with two attached hydrogens (primary N) is 1. The van der Waals surface area contributed by atoms with Crippen molar-refractivity contribution in [1.82, 2.24) is 5.32 Å². The fourth-order valence-electron chi connectivity index (χ4n) is 1.86. The third-order valence-corrected chi connectivity index (χ3v) is 3.92. The van der Waals surface area contributed by atoms with Crippen molar-refractivity contribution in [2.75, 3.05) is 6.61 Å². The number of amides is 1. The molecule has 1 rings (SSSR count). The molecule has 21 heavy (non-hydrogen) atoms. The molecule has 0 aromatic heterocycles. The highest BCUT2D eigenvalue weighted by molar-refractivity contribution is 9.10. The van der Waals surface area contributed by atoms with Gasteiger partial charge in [-0.3, -0.25) is 4.79 Å². The molecule has 1 aromatic rings. The fourth-order valence-corrected chi connectivity index (χ4v) is 2.38. The van der Waals surface area contributed by atoms with E-state index in [1.165, 1.54) is 0 Å². The van der Waals surface area contributed by atoms with Crippen molar-refractivity contribution in [1.29, 1.82) is 0 Å². The molecule has 0 aliphatic rings. The van der Waals surface area contributed by atoms with Gasteiger partial charge in [-0.15, -0.1) is 0 Å². The number of hydrogen-bond acceptors (Lipinski definition) is 3. The number of rotatable bonds is 7. The molecule has 1 unspecified atom stereocenters. The second-order valence-corrected chi connectivity index (χ2v) is 6.84. The standard InChI is InChI=1S/C16H25BrN2O2/c1-5-16(3,4)19-14(20)10-21-15-12(9-11(2)18)7-6-8-13(15)17/h6-8,11H,5,9-10,18H2,1-4H3,(H,19,20). The molecule has 118 valence electrons. The zero-order valence-electron chi connectivity index (χ0n) is 13.2. The highest BCUT2D eigenvalue weighted by Gasteiger charge is 2.19. The third kappa shape index (κ3) is 6.06. The maximum atomic E-state index is 12.0. The topological polar surface area (TPSA) is 64.3 Å². The van der Waals surface area contributed by atoms with Gasteiger partial charge in [0, 0.05) is 11.6 Å². The summed E-state index contributed by atoms with van der Waals surface area (Å²) in [5.41, 5.74) is 6.63. The van der Waals surface area contributed by atoms with Gasteiger partial charge in [-0.05, 0) is 61.2 Å². The molecule has 0 radical (unpaired) electrons. The lowest BCUT2D eigenvalue weighted by atomic mass is 10.0. The molecular formula is C16H25BrN2O2. The number of nitrogens with one attached hydrogen (secondary N) is 1. The Morgan fingerprint density at radius 3 is 2.71 bits per heavy atom. The molecular weight excluding hydrogens is 332 g/mol. The van der Waals surface area contributed by atoms with E-state index in [1.54, 1.807) is 0 Å². The molecule has 1 aromatic carbocycles. The Morgan fingerprint density at radius 2 is 2.14 bits per heavy atom. The summed E-state index contributed by atoms with van der Waals surface area (Å²) in [7, 11) is 0. The van der Waals surface area contributed by atoms with E-state index in [0.29, 0.717) is 12.2 Å². The van der Waals surface area contributed by atoms with Gasteiger partial charge in [0.15, 0.2) is 6.61 Å². The molecule has 0 saturated heterocycles. The van der Waals surface area contributed by atoms with Crippen LogP contribution in [0.2, 0.25) is 0 Å². The molecule has 3 N–H and O–H groups in total. The van der Waals surface area contributed by atoms with Crippen molar-refractivity contribution in [2.24, 2.45) is 5.73 Å². The first-order valence-corrected chi connectivity index (χ1v) is 8.01. The largest absolute Gasteiger partial charge is 0.482 e. The molecule has 0 fully saturated rings. The Hall–Kier alpha value is -1.07. The predicted molar refractivity (Wildman–Crippen MR) is 89.5 cm³/mol. The Bertz CT molecular complexity index is 487. The number of hydrogen-bond donors (Lipinski definition) is 2. The first-order valence-electron chi connectivity index (χ1n) is 7.22. The predicted octanol–water partition coefficient (Wildman–Crippen LogP) is 3.02. The van der Waals surface area contributed by atoms with Gasteiger partial charge in [-0.2, -0.15) is 0 Å². The normalized spacial score (nSPS) is 12.9. The van der Waals surface area contributed by atoms with Crippen molar-refractivity contribution < 1.29 is 9.53 Å². The minimum absolute atomic E-state index is 0.00199. The Kier molecular flexibility index (Phi) is 6.68. The monoisotopic (exact) mass is 356 g/mol. The first-order chi connectivity index (χ1) is 9.75. The Labute approximate surface area is 135 Å². The number of para-hydroxylation sites is 1. The van der Waals surface area contributed by atoms with Crippen LogP contribution in [-0.2, 0) is 11.2 Å². The van der Waals surface area contributed by atoms with Gasteiger partial charge in [-0.25, -0.2) is 0 Å². The second-order valence-electron chi connectivity index (χ2n) is 5.98. The zero-order chi connectivity index (χ0) is 16.0. The molecule has 0 saturated carbocycles. The van der Waals surface area contributed by atoms with E-state index in [2.05, 4.69) is 21.2 Å². The maximum absolute atomic E-state index is 12.0. The van der Waals surface area contributed by atoms with Crippen LogP contribution in [0, 0.1) is 0 Å². The number of benzene rings is 1. The molecule has 4 nitrogen and oxygen atoms in total. The van der Waals surface area contributed by atoms with Crippen molar-refractivity contribution in [2.45, 2.75) is 52.1 Å². The van der Waals surface area contributed by atoms with Gasteiger partial charge >= 0.3 is 0 Å². The number of halogens is 1. The summed E-state index contributed by atoms with van der Waals surface area (Å²) in [5, 5.41) is 2.95. The Balaban J connectivity index is 2.73. The molecule has 0 aliphatic heterocycles. The summed E-state index contributed by atoms with van der Waals surface area (Å²) in [5.74, 6) is 0.573. The molecule has 0 spiro atoms. The third-order valence-electron chi connectivity index (χ3n) is 3.30. The van der Waals surface area contributed by atoms with Crippen molar-refractivity contribution in [3.63, 3.8) is 0 Å². The summed E-state index contributed by atoms with van der Waals surface area (Å²) < 4.78 is 6.54. The van der Waals surface area contributed by atoms with E-state index in [1.807, 2.05) is 45.9 Å². The van der Waals surface area contributed by atoms with Gasteiger partial charge < -0.3 is 15.8 Å². The molecule has 0 heterocycles. The second kappa shape index (κ2) is 7.80. The minimum Gasteiger partial charge on any atom is -0.482 e. The molecule has 5 heteroatoms. The lowest BCUT2D eigenvalue weighted by Crippen LogP contribution is -2.45. The average molecular weight is 357 g/mol. The van der Waals surface area contributed by atoms with Crippen LogP contribution in [0.15, 0.2) is 22.7 Å². The molecule has 1 atom stereocenters. The number of carbonyl (C=O) groups excluding carboxylic acids is 1. The van der Waals surface area contributed by atoms with Gasteiger partial charge in [-0.1, -0.05) is 19.1 Å². The van der Waals surface area contributed by atoms with E-state index in [0.717, 1.165) is 16.5 Å². The van der Waals surface area contributed by atoms with E-state index in [-0.39, 0.29) is 24.1 Å². The van der Waals surface area contributed by atoms with Crippen LogP contribution in [0.4, 0.5) is 0 Å². The summed E-state index contributed by atoms with van der Waals surface area (Å²) in [6.07, 6.45) is 1.57. The molecule has 1 amide bonds. The van der Waals surface area contributed by atoms with E-state index < -0.39 is 0 Å². The highest BCUT2D eigenvalue weighted by Crippen LogP contribution is 2.29. The van der Waals surface area contributed by atoms with Crippen LogP contribution in [0.3, 0.4) is 0 Å². The highest BCUT2D eigenvalue weighted by atomic mass is 79.9. The summed E-state index contributed by atoms with van der Waals surface area (Å²) in [4.78, 5) is 12.0. The lowest BCUT2D eigenvalue weighted by molar-refractivity contribution is -0.124. The van der Waals surface area contributed by atoms with Gasteiger partial charge in [0.05, 0.1) is 4.47 Å². The minimum atomic E-state index is -0.219. The van der Waals surface area contributed by atoms with Crippen LogP contribution in [0.25, 0.3) is 0 Å². The average Bonchev–Trinajstić information content (AvgIpc) is 2.37. The number of carbonyl (C=O) groups is 1. The first kappa shape index (κ1) is 18.0. The van der Waals surface area contributed by atoms with Crippen LogP contribution < -0.4 is 15.8 Å². The van der Waals surface area contributed by atoms with Gasteiger partial charge in [0.25, 0.3) is 5.91 Å². The maximum Gasteiger partial charge on any atom is 0.258 e. The fraction of sp³-hybridized carbons (Fsp3) is 0.562. The lowest BCUT2D eigenvalue weighted by Gasteiger charge is -2.24. The van der Waals surface area contributed by atoms with Gasteiger partial charge in [0.2, 0.25) is 0 Å². The van der Waals surface area contributed by atoms with Gasteiger partial charge in [0.1, 0.15) is 5.75 Å². The zero-order valence-corrected chi connectivity index (χ0v) is 14.8. The van der Waals surface area contributed by atoms with Crippen LogP contribution in [0.5, 0.6) is 5.75 Å². The van der Waals surface area contributed by atoms with Crippen molar-refractivity contribution in [3.8, 4) is 5.75 Å². The smallest absolute Gasteiger partial charge is 0.258 e. The van der Waals surface area contributed by atoms with E-state index >= 15 is 0 Å². The van der Waals surface area contributed by atoms with Crippen molar-refractivity contribution in [3.05, 3.63) is 28.2 Å². The SMILES string of the molecule is CCC(C)(C)NC(=O)COc1c(Br)cccc1CC(C)N. The molecule has 0 aliphatic carbocycles. The van der Waals surface area contributed by atoms with Crippen LogP contribution >= 0.6 is 15.9 Å². The summed E-state index contributed by atoms with van der Waals surface area (Å²) in [6, 6.07) is 5.84. The van der Waals surface area contributed by atoms with E-state index in [4.69, 9.17) is 10.5 Å². The van der Waals surface area contributed by atoms with Crippen LogP contribution in [-0.4, -0.2) is 24.1 Å². The Morgan fingerprint density at radius 1 is 1.48 bits per heavy atom.